The molecule has 82 valence electrons. The maximum atomic E-state index is 3.17. The smallest absolute Gasteiger partial charge is 0.0109 e. The second-order valence-corrected chi connectivity index (χ2v) is 3.23. The van der Waals surface area contributed by atoms with E-state index in [2.05, 4.69) is 31.0 Å². The molecule has 0 aromatic carbocycles. The summed E-state index contributed by atoms with van der Waals surface area (Å²) in [5.41, 5.74) is 0. The third kappa shape index (κ3) is 9.84. The normalized spacial score (nSPS) is 10.2. The Morgan fingerprint density at radius 2 is 1.69 bits per heavy atom. The number of nitrogens with zero attached hydrogens (tertiary/aromatic N) is 1. The Morgan fingerprint density at radius 1 is 1.15 bits per heavy atom. The molecule has 0 aliphatic heterocycles. The van der Waals surface area contributed by atoms with Crippen molar-refractivity contribution in [2.45, 2.75) is 47.1 Å². The van der Waals surface area contributed by atoms with Crippen LogP contribution in [-0.4, -0.2) is 37.6 Å². The highest BCUT2D eigenvalue weighted by atomic mass is 15.2. The molecule has 0 heterocycles. The highest BCUT2D eigenvalue weighted by Gasteiger charge is 2.05. The molecule has 0 atom stereocenters. The number of hydrogen-bond acceptors (Lipinski definition) is 2. The predicted octanol–water partition coefficient (Wildman–Crippen LogP) is 2.35. The maximum absolute atomic E-state index is 3.17. The zero-order valence-electron chi connectivity index (χ0n) is 10.4. The van der Waals surface area contributed by atoms with Crippen LogP contribution in [0, 0.1) is 0 Å². The molecule has 0 spiro atoms. The number of rotatable bonds is 6. The molecule has 0 rings (SSSR count). The van der Waals surface area contributed by atoms with Gasteiger partial charge in [-0.1, -0.05) is 20.8 Å². The van der Waals surface area contributed by atoms with Gasteiger partial charge in [-0.05, 0) is 33.9 Å². The van der Waals surface area contributed by atoms with Gasteiger partial charge in [0, 0.05) is 19.1 Å². The van der Waals surface area contributed by atoms with E-state index in [1.54, 1.807) is 0 Å². The second kappa shape index (κ2) is 11.9. The van der Waals surface area contributed by atoms with Crippen LogP contribution in [0.4, 0.5) is 0 Å². The molecule has 0 aliphatic rings. The van der Waals surface area contributed by atoms with Crippen molar-refractivity contribution in [1.29, 1.82) is 0 Å². The van der Waals surface area contributed by atoms with Gasteiger partial charge in [0.15, 0.2) is 0 Å². The summed E-state index contributed by atoms with van der Waals surface area (Å²) in [6.45, 7) is 14.2. The summed E-state index contributed by atoms with van der Waals surface area (Å²) >= 11 is 0. The molecule has 1 N–H and O–H groups in total. The van der Waals surface area contributed by atoms with Gasteiger partial charge in [0.05, 0.1) is 0 Å². The fourth-order valence-corrected chi connectivity index (χ4v) is 1.17. The van der Waals surface area contributed by atoms with E-state index in [1.165, 1.54) is 19.5 Å². The van der Waals surface area contributed by atoms with Crippen LogP contribution >= 0.6 is 0 Å². The topological polar surface area (TPSA) is 15.3 Å². The van der Waals surface area contributed by atoms with E-state index in [0.29, 0.717) is 6.04 Å². The van der Waals surface area contributed by atoms with Crippen molar-refractivity contribution in [2.75, 3.05) is 26.7 Å². The van der Waals surface area contributed by atoms with E-state index in [0.717, 1.165) is 6.54 Å². The molecule has 0 aromatic heterocycles. The molecule has 0 saturated heterocycles. The van der Waals surface area contributed by atoms with Gasteiger partial charge in [-0.15, -0.1) is 0 Å². The lowest BCUT2D eigenvalue weighted by atomic mass is 10.3. The average molecular weight is 188 g/mol. The fraction of sp³-hybridized carbons (Fsp3) is 1.00. The summed E-state index contributed by atoms with van der Waals surface area (Å²) in [6.07, 6.45) is 1.25. The van der Waals surface area contributed by atoms with Gasteiger partial charge < -0.3 is 5.32 Å². The van der Waals surface area contributed by atoms with Gasteiger partial charge in [0.25, 0.3) is 0 Å². The standard InChI is InChI=1S/C9H22N2.C2H6/c1-5-7-11(9(2)3)8-6-10-4;1-2/h9-10H,5-8H2,1-4H3;1-2H3. The van der Waals surface area contributed by atoms with Crippen molar-refractivity contribution >= 4 is 0 Å². The molecule has 0 bridgehead atoms. The van der Waals surface area contributed by atoms with E-state index < -0.39 is 0 Å². The van der Waals surface area contributed by atoms with Gasteiger partial charge in [-0.2, -0.15) is 0 Å². The van der Waals surface area contributed by atoms with Crippen molar-refractivity contribution in [1.82, 2.24) is 10.2 Å². The van der Waals surface area contributed by atoms with Gasteiger partial charge >= 0.3 is 0 Å². The predicted molar refractivity (Wildman–Crippen MR) is 62.3 cm³/mol. The number of hydrogen-bond donors (Lipinski definition) is 1. The third-order valence-electron chi connectivity index (χ3n) is 1.89. The maximum Gasteiger partial charge on any atom is 0.0109 e. The van der Waals surface area contributed by atoms with E-state index in [-0.39, 0.29) is 0 Å². The first kappa shape index (κ1) is 15.4. The third-order valence-corrected chi connectivity index (χ3v) is 1.89. The SMILES string of the molecule is CC.CCCN(CCNC)C(C)C. The van der Waals surface area contributed by atoms with E-state index >= 15 is 0 Å². The van der Waals surface area contributed by atoms with Gasteiger partial charge in [0.2, 0.25) is 0 Å². The Labute approximate surface area is 84.7 Å². The molecule has 0 saturated carbocycles. The van der Waals surface area contributed by atoms with E-state index in [4.69, 9.17) is 0 Å². The minimum atomic E-state index is 0.684. The van der Waals surface area contributed by atoms with Crippen molar-refractivity contribution < 1.29 is 0 Å². The molecule has 2 heteroatoms. The van der Waals surface area contributed by atoms with E-state index in [9.17, 15) is 0 Å². The molecular formula is C11H28N2. The lowest BCUT2D eigenvalue weighted by Crippen LogP contribution is -2.36. The summed E-state index contributed by atoms with van der Waals surface area (Å²) in [4.78, 5) is 2.50. The molecule has 0 aromatic rings. The van der Waals surface area contributed by atoms with Gasteiger partial charge in [0.1, 0.15) is 0 Å². The number of likely N-dealkylation sites (N-methyl/N-ethyl adjacent to an activating group) is 1. The minimum absolute atomic E-state index is 0.684. The van der Waals surface area contributed by atoms with Crippen molar-refractivity contribution in [3.63, 3.8) is 0 Å². The zero-order valence-corrected chi connectivity index (χ0v) is 10.4. The van der Waals surface area contributed by atoms with Crippen molar-refractivity contribution in [3.05, 3.63) is 0 Å². The Morgan fingerprint density at radius 3 is 2.00 bits per heavy atom. The minimum Gasteiger partial charge on any atom is -0.318 e. The van der Waals surface area contributed by atoms with Crippen LogP contribution in [0.2, 0.25) is 0 Å². The summed E-state index contributed by atoms with van der Waals surface area (Å²) in [5.74, 6) is 0. The van der Waals surface area contributed by atoms with Crippen LogP contribution in [0.25, 0.3) is 0 Å². The van der Waals surface area contributed by atoms with Crippen LogP contribution in [0.3, 0.4) is 0 Å². The van der Waals surface area contributed by atoms with Crippen LogP contribution in [0.15, 0.2) is 0 Å². The molecule has 0 aliphatic carbocycles. The average Bonchev–Trinajstić information content (AvgIpc) is 2.15. The summed E-state index contributed by atoms with van der Waals surface area (Å²) in [6, 6.07) is 0.684. The molecule has 0 unspecified atom stereocenters. The fourth-order valence-electron chi connectivity index (χ4n) is 1.17. The Bertz CT molecular complexity index is 82.2. The molecule has 0 radical (unpaired) electrons. The molecule has 2 nitrogen and oxygen atoms in total. The lowest BCUT2D eigenvalue weighted by molar-refractivity contribution is 0.224. The zero-order chi connectivity index (χ0) is 10.7. The van der Waals surface area contributed by atoms with Gasteiger partial charge in [-0.3, -0.25) is 4.90 Å². The largest absolute Gasteiger partial charge is 0.318 e. The first-order valence-corrected chi connectivity index (χ1v) is 5.61. The van der Waals surface area contributed by atoms with Crippen molar-refractivity contribution in [3.8, 4) is 0 Å². The summed E-state index contributed by atoms with van der Waals surface area (Å²) in [7, 11) is 2.00. The first-order chi connectivity index (χ1) is 6.22. The Hall–Kier alpha value is -0.0800. The quantitative estimate of drug-likeness (QED) is 0.688. The first-order valence-electron chi connectivity index (χ1n) is 5.61. The second-order valence-electron chi connectivity index (χ2n) is 3.23. The highest BCUT2D eigenvalue weighted by Crippen LogP contribution is 1.97. The molecule has 13 heavy (non-hydrogen) atoms. The monoisotopic (exact) mass is 188 g/mol. The van der Waals surface area contributed by atoms with Crippen LogP contribution in [0.5, 0.6) is 0 Å². The highest BCUT2D eigenvalue weighted by molar-refractivity contribution is 4.62. The Balaban J connectivity index is 0. The summed E-state index contributed by atoms with van der Waals surface area (Å²) in [5, 5.41) is 3.17. The Kier molecular flexibility index (Phi) is 14.1. The molecule has 0 fully saturated rings. The number of nitrogens with one attached hydrogen (secondary N) is 1. The van der Waals surface area contributed by atoms with Crippen LogP contribution in [-0.2, 0) is 0 Å². The van der Waals surface area contributed by atoms with E-state index in [1.807, 2.05) is 20.9 Å². The van der Waals surface area contributed by atoms with Crippen LogP contribution in [0.1, 0.15) is 41.0 Å². The summed E-state index contributed by atoms with van der Waals surface area (Å²) < 4.78 is 0. The molecule has 0 amide bonds. The van der Waals surface area contributed by atoms with Crippen molar-refractivity contribution in [2.24, 2.45) is 0 Å². The molecular weight excluding hydrogens is 160 g/mol. The van der Waals surface area contributed by atoms with Crippen LogP contribution < -0.4 is 5.32 Å². The van der Waals surface area contributed by atoms with Gasteiger partial charge in [-0.25, -0.2) is 0 Å². The lowest BCUT2D eigenvalue weighted by Gasteiger charge is -2.25.